The molecule has 7 heteroatoms. The maximum Gasteiger partial charge on any atom is 0.329 e. The number of rotatable bonds is 3. The van der Waals surface area contributed by atoms with Crippen molar-refractivity contribution in [2.75, 3.05) is 11.1 Å². The quantitative estimate of drug-likeness (QED) is 0.610. The van der Waals surface area contributed by atoms with Crippen LogP contribution >= 0.6 is 0 Å². The highest BCUT2D eigenvalue weighted by Crippen LogP contribution is 2.27. The lowest BCUT2D eigenvalue weighted by Crippen LogP contribution is -2.17. The molecule has 1 heterocycles. The molecule has 2 rings (SSSR count). The number of nitrogens with two attached hydrogens (primary N) is 1. The fourth-order valence-electron chi connectivity index (χ4n) is 2.12. The van der Waals surface area contributed by atoms with Crippen molar-refractivity contribution in [3.8, 4) is 0 Å². The summed E-state index contributed by atoms with van der Waals surface area (Å²) < 4.78 is 0. The zero-order valence-electron chi connectivity index (χ0n) is 9.59. The molecule has 3 N–H and O–H groups in total. The Bertz CT molecular complexity index is 437. The molecule has 1 aliphatic rings. The average molecular weight is 237 g/mol. The van der Waals surface area contributed by atoms with Crippen molar-refractivity contribution in [2.24, 2.45) is 5.92 Å². The number of nitro groups is 1. The van der Waals surface area contributed by atoms with Gasteiger partial charge in [0.15, 0.2) is 0 Å². The summed E-state index contributed by atoms with van der Waals surface area (Å²) >= 11 is 0. The van der Waals surface area contributed by atoms with Gasteiger partial charge in [0.2, 0.25) is 11.8 Å². The van der Waals surface area contributed by atoms with E-state index < -0.39 is 4.92 Å². The molecule has 1 fully saturated rings. The van der Waals surface area contributed by atoms with Gasteiger partial charge < -0.3 is 11.1 Å². The Morgan fingerprint density at radius 3 is 2.88 bits per heavy atom. The highest BCUT2D eigenvalue weighted by Gasteiger charge is 2.22. The van der Waals surface area contributed by atoms with E-state index in [-0.39, 0.29) is 11.5 Å². The lowest BCUT2D eigenvalue weighted by molar-refractivity contribution is -0.384. The first-order chi connectivity index (χ1) is 8.06. The van der Waals surface area contributed by atoms with Crippen LogP contribution in [-0.4, -0.2) is 20.9 Å². The van der Waals surface area contributed by atoms with E-state index in [1.165, 1.54) is 6.42 Å². The molecule has 1 saturated carbocycles. The second-order valence-corrected chi connectivity index (χ2v) is 4.48. The molecule has 1 aliphatic carbocycles. The van der Waals surface area contributed by atoms with Gasteiger partial charge in [-0.1, -0.05) is 6.92 Å². The van der Waals surface area contributed by atoms with Crippen LogP contribution in [0.4, 0.5) is 17.5 Å². The second-order valence-electron chi connectivity index (χ2n) is 4.48. The summed E-state index contributed by atoms with van der Waals surface area (Å²) in [6, 6.07) is 0.339. The molecule has 0 amide bonds. The number of aromatic nitrogens is 2. The molecular weight excluding hydrogens is 222 g/mol. The summed E-state index contributed by atoms with van der Waals surface area (Å²) in [6.07, 6.45) is 4.46. The molecule has 0 aromatic carbocycles. The zero-order chi connectivity index (χ0) is 12.4. The van der Waals surface area contributed by atoms with Gasteiger partial charge in [0.05, 0.1) is 4.92 Å². The normalized spacial score (nSPS) is 23.6. The van der Waals surface area contributed by atoms with Gasteiger partial charge in [-0.05, 0) is 25.2 Å². The lowest BCUT2D eigenvalue weighted by Gasteiger charge is -2.11. The summed E-state index contributed by atoms with van der Waals surface area (Å²) in [5.41, 5.74) is 5.24. The van der Waals surface area contributed by atoms with Crippen molar-refractivity contribution >= 4 is 17.5 Å². The topological polar surface area (TPSA) is 107 Å². The maximum atomic E-state index is 10.5. The van der Waals surface area contributed by atoms with Crippen molar-refractivity contribution in [1.29, 1.82) is 0 Å². The van der Waals surface area contributed by atoms with Gasteiger partial charge in [-0.2, -0.15) is 4.98 Å². The van der Waals surface area contributed by atoms with Crippen LogP contribution in [0.3, 0.4) is 0 Å². The molecule has 1 aromatic rings. The van der Waals surface area contributed by atoms with Crippen LogP contribution in [0.5, 0.6) is 0 Å². The molecule has 0 bridgehead atoms. The molecule has 92 valence electrons. The minimum absolute atomic E-state index is 0.0986. The van der Waals surface area contributed by atoms with E-state index in [0.717, 1.165) is 19.0 Å². The van der Waals surface area contributed by atoms with E-state index in [9.17, 15) is 10.1 Å². The highest BCUT2D eigenvalue weighted by molar-refractivity contribution is 5.53. The number of nitrogen functional groups attached to an aromatic ring is 1. The monoisotopic (exact) mass is 237 g/mol. The smallest absolute Gasteiger partial charge is 0.329 e. The van der Waals surface area contributed by atoms with E-state index in [1.807, 2.05) is 0 Å². The van der Waals surface area contributed by atoms with Crippen LogP contribution < -0.4 is 11.1 Å². The average Bonchev–Trinajstić information content (AvgIpc) is 2.63. The Hall–Kier alpha value is -1.92. The van der Waals surface area contributed by atoms with E-state index in [0.29, 0.717) is 17.9 Å². The molecule has 2 atom stereocenters. The Morgan fingerprint density at radius 2 is 2.35 bits per heavy atom. The number of nitrogens with zero attached hydrogens (tertiary/aromatic N) is 3. The number of hydrogen-bond acceptors (Lipinski definition) is 6. The van der Waals surface area contributed by atoms with Gasteiger partial charge in [0, 0.05) is 6.04 Å². The molecule has 0 spiro atoms. The fourth-order valence-corrected chi connectivity index (χ4v) is 2.12. The largest absolute Gasteiger partial charge is 0.378 e. The third kappa shape index (κ3) is 2.61. The molecular formula is C10H15N5O2. The van der Waals surface area contributed by atoms with Gasteiger partial charge in [0.25, 0.3) is 0 Å². The molecule has 0 radical (unpaired) electrons. The summed E-state index contributed by atoms with van der Waals surface area (Å²) in [6.45, 7) is 2.20. The van der Waals surface area contributed by atoms with Crippen LogP contribution in [0.2, 0.25) is 0 Å². The minimum Gasteiger partial charge on any atom is -0.378 e. The predicted molar refractivity (Wildman–Crippen MR) is 63.5 cm³/mol. The highest BCUT2D eigenvalue weighted by atomic mass is 16.6. The van der Waals surface area contributed by atoms with E-state index in [1.54, 1.807) is 0 Å². The van der Waals surface area contributed by atoms with Crippen molar-refractivity contribution in [2.45, 2.75) is 32.2 Å². The van der Waals surface area contributed by atoms with Gasteiger partial charge in [-0.3, -0.25) is 10.1 Å². The van der Waals surface area contributed by atoms with Gasteiger partial charge in [-0.15, -0.1) is 0 Å². The predicted octanol–water partition coefficient (Wildman–Crippen LogP) is 1.57. The minimum atomic E-state index is -0.587. The Labute approximate surface area is 98.6 Å². The third-order valence-electron chi connectivity index (χ3n) is 3.02. The van der Waals surface area contributed by atoms with Crippen LogP contribution in [0.25, 0.3) is 0 Å². The molecule has 2 unspecified atom stereocenters. The van der Waals surface area contributed by atoms with Crippen LogP contribution in [0, 0.1) is 16.0 Å². The molecule has 1 aromatic heterocycles. The Morgan fingerprint density at radius 1 is 1.59 bits per heavy atom. The number of nitrogens with one attached hydrogen (secondary N) is 1. The van der Waals surface area contributed by atoms with E-state index in [4.69, 9.17) is 5.73 Å². The van der Waals surface area contributed by atoms with Gasteiger partial charge in [-0.25, -0.2) is 4.98 Å². The number of anilines is 2. The summed E-state index contributed by atoms with van der Waals surface area (Å²) in [5, 5.41) is 13.7. The van der Waals surface area contributed by atoms with Crippen molar-refractivity contribution in [3.63, 3.8) is 0 Å². The Kier molecular flexibility index (Phi) is 3.08. The van der Waals surface area contributed by atoms with Crippen LogP contribution in [0.1, 0.15) is 26.2 Å². The SMILES string of the molecule is CC1CCC(Nc2ncc([N+](=O)[O-])c(N)n2)C1. The standard InChI is InChI=1S/C10H15N5O2/c1-6-2-3-7(4-6)13-10-12-5-8(15(16)17)9(11)14-10/h5-7H,2-4H2,1H3,(H3,11,12,13,14). The third-order valence-corrected chi connectivity index (χ3v) is 3.02. The first kappa shape index (κ1) is 11.6. The van der Waals surface area contributed by atoms with E-state index >= 15 is 0 Å². The van der Waals surface area contributed by atoms with Crippen molar-refractivity contribution in [1.82, 2.24) is 9.97 Å². The summed E-state index contributed by atoms with van der Waals surface area (Å²) in [7, 11) is 0. The molecule has 7 nitrogen and oxygen atoms in total. The molecule has 0 saturated heterocycles. The number of hydrogen-bond donors (Lipinski definition) is 2. The van der Waals surface area contributed by atoms with Gasteiger partial charge >= 0.3 is 5.69 Å². The van der Waals surface area contributed by atoms with Crippen molar-refractivity contribution in [3.05, 3.63) is 16.3 Å². The van der Waals surface area contributed by atoms with Crippen molar-refractivity contribution < 1.29 is 4.92 Å². The second kappa shape index (κ2) is 4.52. The van der Waals surface area contributed by atoms with Crippen LogP contribution in [0.15, 0.2) is 6.20 Å². The molecule has 17 heavy (non-hydrogen) atoms. The first-order valence-electron chi connectivity index (χ1n) is 5.59. The first-order valence-corrected chi connectivity index (χ1v) is 5.59. The maximum absolute atomic E-state index is 10.5. The Balaban J connectivity index is 2.07. The van der Waals surface area contributed by atoms with Crippen LogP contribution in [-0.2, 0) is 0 Å². The zero-order valence-corrected chi connectivity index (χ0v) is 9.59. The summed E-state index contributed by atoms with van der Waals surface area (Å²) in [5.74, 6) is 0.966. The van der Waals surface area contributed by atoms with Gasteiger partial charge in [0.1, 0.15) is 6.20 Å². The summed E-state index contributed by atoms with van der Waals surface area (Å²) in [4.78, 5) is 17.8. The van der Waals surface area contributed by atoms with E-state index in [2.05, 4.69) is 22.2 Å². The molecule has 0 aliphatic heterocycles. The lowest BCUT2D eigenvalue weighted by atomic mass is 10.1. The fraction of sp³-hybridized carbons (Fsp3) is 0.600.